The van der Waals surface area contributed by atoms with Crippen LogP contribution in [0.1, 0.15) is 31.9 Å². The average molecular weight is 236 g/mol. The Balaban J connectivity index is 2.40. The van der Waals surface area contributed by atoms with Gasteiger partial charge in [0.1, 0.15) is 6.61 Å². The van der Waals surface area contributed by atoms with Gasteiger partial charge in [-0.3, -0.25) is 4.79 Å². The van der Waals surface area contributed by atoms with Crippen molar-refractivity contribution >= 4 is 11.6 Å². The summed E-state index contributed by atoms with van der Waals surface area (Å²) in [5, 5.41) is 2.87. The Morgan fingerprint density at radius 2 is 2.06 bits per heavy atom. The lowest BCUT2D eigenvalue weighted by atomic mass is 10.1. The summed E-state index contributed by atoms with van der Waals surface area (Å²) in [6.45, 7) is 4.68. The minimum Gasteiger partial charge on any atom is -0.399 e. The van der Waals surface area contributed by atoms with Crippen LogP contribution in [0.15, 0.2) is 24.3 Å². The maximum atomic E-state index is 11.5. The van der Waals surface area contributed by atoms with Gasteiger partial charge in [-0.15, -0.1) is 0 Å². The van der Waals surface area contributed by atoms with Gasteiger partial charge < -0.3 is 15.8 Å². The maximum Gasteiger partial charge on any atom is 0.246 e. The van der Waals surface area contributed by atoms with Gasteiger partial charge in [0.2, 0.25) is 5.91 Å². The number of anilines is 1. The molecule has 3 N–H and O–H groups in total. The summed E-state index contributed by atoms with van der Waals surface area (Å²) in [6, 6.07) is 7.44. The molecule has 1 unspecified atom stereocenters. The number of nitrogens with one attached hydrogen (secondary N) is 1. The summed E-state index contributed by atoms with van der Waals surface area (Å²) in [5.74, 6) is -0.0947. The van der Waals surface area contributed by atoms with E-state index >= 15 is 0 Å². The van der Waals surface area contributed by atoms with Crippen molar-refractivity contribution < 1.29 is 9.53 Å². The van der Waals surface area contributed by atoms with E-state index in [1.165, 1.54) is 0 Å². The molecule has 1 amide bonds. The van der Waals surface area contributed by atoms with Gasteiger partial charge in [-0.1, -0.05) is 19.1 Å². The summed E-state index contributed by atoms with van der Waals surface area (Å²) < 4.78 is 5.17. The van der Waals surface area contributed by atoms with E-state index in [-0.39, 0.29) is 18.6 Å². The molecular weight excluding hydrogens is 216 g/mol. The van der Waals surface area contributed by atoms with E-state index in [1.54, 1.807) is 0 Å². The standard InChI is InChI=1S/C13H20N2O2/c1-3-8-17-9-13(16)15-10(2)11-4-6-12(14)7-5-11/h4-7,10H,3,8-9,14H2,1-2H3,(H,15,16). The van der Waals surface area contributed by atoms with Crippen LogP contribution in [0.2, 0.25) is 0 Å². The Kier molecular flexibility index (Phi) is 5.49. The van der Waals surface area contributed by atoms with Crippen LogP contribution >= 0.6 is 0 Å². The van der Waals surface area contributed by atoms with Crippen LogP contribution in [0.25, 0.3) is 0 Å². The van der Waals surface area contributed by atoms with E-state index in [0.717, 1.165) is 17.7 Å². The molecule has 1 rings (SSSR count). The molecule has 1 aromatic carbocycles. The number of amides is 1. The van der Waals surface area contributed by atoms with Gasteiger partial charge in [-0.2, -0.15) is 0 Å². The highest BCUT2D eigenvalue weighted by molar-refractivity contribution is 5.77. The zero-order valence-corrected chi connectivity index (χ0v) is 10.4. The highest BCUT2D eigenvalue weighted by Gasteiger charge is 2.08. The zero-order chi connectivity index (χ0) is 12.7. The molecule has 0 aliphatic heterocycles. The van der Waals surface area contributed by atoms with Crippen LogP contribution in [0.4, 0.5) is 5.69 Å². The van der Waals surface area contributed by atoms with Crippen LogP contribution in [0.5, 0.6) is 0 Å². The van der Waals surface area contributed by atoms with Crippen molar-refractivity contribution in [2.75, 3.05) is 18.9 Å². The predicted octanol–water partition coefficient (Wildman–Crippen LogP) is 1.87. The number of rotatable bonds is 6. The minimum atomic E-state index is -0.0947. The number of benzene rings is 1. The van der Waals surface area contributed by atoms with Gasteiger partial charge in [0.05, 0.1) is 6.04 Å². The van der Waals surface area contributed by atoms with Crippen molar-refractivity contribution in [1.29, 1.82) is 0 Å². The second-order valence-corrected chi connectivity index (χ2v) is 4.01. The zero-order valence-electron chi connectivity index (χ0n) is 10.4. The van der Waals surface area contributed by atoms with E-state index in [1.807, 2.05) is 38.1 Å². The molecule has 1 aromatic rings. The molecule has 0 spiro atoms. The Labute approximate surface area is 102 Å². The fourth-order valence-electron chi connectivity index (χ4n) is 1.46. The van der Waals surface area contributed by atoms with Gasteiger partial charge in [0, 0.05) is 12.3 Å². The van der Waals surface area contributed by atoms with Crippen LogP contribution in [-0.2, 0) is 9.53 Å². The molecule has 0 bridgehead atoms. The van der Waals surface area contributed by atoms with Crippen molar-refractivity contribution in [3.8, 4) is 0 Å². The summed E-state index contributed by atoms with van der Waals surface area (Å²) in [7, 11) is 0. The van der Waals surface area contributed by atoms with Gasteiger partial charge >= 0.3 is 0 Å². The second kappa shape index (κ2) is 6.91. The van der Waals surface area contributed by atoms with E-state index < -0.39 is 0 Å². The van der Waals surface area contributed by atoms with Crippen molar-refractivity contribution in [3.63, 3.8) is 0 Å². The van der Waals surface area contributed by atoms with Crippen LogP contribution in [-0.4, -0.2) is 19.1 Å². The average Bonchev–Trinajstić information content (AvgIpc) is 2.30. The summed E-state index contributed by atoms with van der Waals surface area (Å²) in [5.41, 5.74) is 7.35. The molecule has 4 nitrogen and oxygen atoms in total. The third-order valence-electron chi connectivity index (χ3n) is 2.40. The molecule has 0 aliphatic rings. The number of hydrogen-bond donors (Lipinski definition) is 2. The molecule has 0 fully saturated rings. The monoisotopic (exact) mass is 236 g/mol. The number of carbonyl (C=O) groups is 1. The first-order chi connectivity index (χ1) is 8.13. The van der Waals surface area contributed by atoms with E-state index in [0.29, 0.717) is 6.61 Å². The lowest BCUT2D eigenvalue weighted by Crippen LogP contribution is -2.30. The molecule has 0 aromatic heterocycles. The van der Waals surface area contributed by atoms with Gasteiger partial charge in [-0.25, -0.2) is 0 Å². The van der Waals surface area contributed by atoms with Crippen LogP contribution < -0.4 is 11.1 Å². The van der Waals surface area contributed by atoms with E-state index in [9.17, 15) is 4.79 Å². The number of ether oxygens (including phenoxy) is 1. The number of hydrogen-bond acceptors (Lipinski definition) is 3. The lowest BCUT2D eigenvalue weighted by molar-refractivity contribution is -0.126. The van der Waals surface area contributed by atoms with Crippen molar-refractivity contribution in [1.82, 2.24) is 5.32 Å². The Morgan fingerprint density at radius 1 is 1.41 bits per heavy atom. The SMILES string of the molecule is CCCOCC(=O)NC(C)c1ccc(N)cc1. The molecule has 0 saturated heterocycles. The van der Waals surface area contributed by atoms with E-state index in [2.05, 4.69) is 5.32 Å². The van der Waals surface area contributed by atoms with Crippen molar-refractivity contribution in [2.45, 2.75) is 26.3 Å². The predicted molar refractivity (Wildman–Crippen MR) is 68.5 cm³/mol. The quantitative estimate of drug-likeness (QED) is 0.585. The maximum absolute atomic E-state index is 11.5. The molecule has 17 heavy (non-hydrogen) atoms. The molecule has 0 saturated carbocycles. The summed E-state index contributed by atoms with van der Waals surface area (Å²) in [4.78, 5) is 11.5. The van der Waals surface area contributed by atoms with Gasteiger partial charge in [0.25, 0.3) is 0 Å². The minimum absolute atomic E-state index is 0.0340. The first-order valence-corrected chi connectivity index (χ1v) is 5.86. The Hall–Kier alpha value is -1.55. The highest BCUT2D eigenvalue weighted by atomic mass is 16.5. The van der Waals surface area contributed by atoms with Crippen molar-refractivity contribution in [3.05, 3.63) is 29.8 Å². The van der Waals surface area contributed by atoms with Crippen LogP contribution in [0, 0.1) is 0 Å². The Bertz CT molecular complexity index is 349. The third-order valence-corrected chi connectivity index (χ3v) is 2.40. The Morgan fingerprint density at radius 3 is 2.65 bits per heavy atom. The molecule has 0 radical (unpaired) electrons. The van der Waals surface area contributed by atoms with Gasteiger partial charge in [-0.05, 0) is 31.0 Å². The topological polar surface area (TPSA) is 64.3 Å². The summed E-state index contributed by atoms with van der Waals surface area (Å²) in [6.07, 6.45) is 0.917. The largest absolute Gasteiger partial charge is 0.399 e. The molecular formula is C13H20N2O2. The number of nitrogens with two attached hydrogens (primary N) is 1. The summed E-state index contributed by atoms with van der Waals surface area (Å²) >= 11 is 0. The molecule has 94 valence electrons. The smallest absolute Gasteiger partial charge is 0.246 e. The highest BCUT2D eigenvalue weighted by Crippen LogP contribution is 2.13. The van der Waals surface area contributed by atoms with Gasteiger partial charge in [0.15, 0.2) is 0 Å². The third kappa shape index (κ3) is 4.87. The van der Waals surface area contributed by atoms with E-state index in [4.69, 9.17) is 10.5 Å². The fourth-order valence-corrected chi connectivity index (χ4v) is 1.46. The van der Waals surface area contributed by atoms with Crippen LogP contribution in [0.3, 0.4) is 0 Å². The first-order valence-electron chi connectivity index (χ1n) is 5.86. The second-order valence-electron chi connectivity index (χ2n) is 4.01. The number of nitrogen functional groups attached to an aromatic ring is 1. The molecule has 0 heterocycles. The molecule has 4 heteroatoms. The molecule has 0 aliphatic carbocycles. The first kappa shape index (κ1) is 13.5. The normalized spacial score (nSPS) is 12.1. The lowest BCUT2D eigenvalue weighted by Gasteiger charge is -2.14. The van der Waals surface area contributed by atoms with Crippen molar-refractivity contribution in [2.24, 2.45) is 0 Å². The molecule has 1 atom stereocenters. The number of carbonyl (C=O) groups excluding carboxylic acids is 1. The fraction of sp³-hybridized carbons (Fsp3) is 0.462.